The number of hydrogen-bond donors (Lipinski definition) is 2. The number of carbonyl (C=O) groups excluding carboxylic acids is 1. The molecule has 0 bridgehead atoms. The van der Waals surface area contributed by atoms with Gasteiger partial charge in [0.25, 0.3) is 0 Å². The molecule has 5 heteroatoms. The molecule has 3 N–H and O–H groups in total. The van der Waals surface area contributed by atoms with Crippen LogP contribution in [0.25, 0.3) is 0 Å². The Morgan fingerprint density at radius 3 is 2.33 bits per heavy atom. The van der Waals surface area contributed by atoms with Gasteiger partial charge in [-0.2, -0.15) is 0 Å². The molecule has 0 heterocycles. The molecular weight excluding hydrogens is 632 g/mol. The second-order valence-corrected chi connectivity index (χ2v) is 20.0. The summed E-state index contributed by atoms with van der Waals surface area (Å²) in [6, 6.07) is 9.71. The normalized spacial score (nSPS) is 42.9. The zero-order valence-corrected chi connectivity index (χ0v) is 33.1. The number of allylic oxidation sites excluding steroid dienone is 4. The summed E-state index contributed by atoms with van der Waals surface area (Å²) in [6.07, 6.45) is 18.3. The Kier molecular flexibility index (Phi) is 9.81. The van der Waals surface area contributed by atoms with Crippen molar-refractivity contribution in [3.63, 3.8) is 0 Å². The fourth-order valence-corrected chi connectivity index (χ4v) is 14.6. The Hall–Kier alpha value is -1.98. The highest BCUT2D eigenvalue weighted by Crippen LogP contribution is 2.76. The topological polar surface area (TPSA) is 64.3 Å². The predicted molar refractivity (Wildman–Crippen MR) is 206 cm³/mol. The van der Waals surface area contributed by atoms with E-state index in [0.717, 1.165) is 55.2 Å². The van der Waals surface area contributed by atoms with Gasteiger partial charge in [0.15, 0.2) is 0 Å². The number of benzene rings is 1. The van der Waals surface area contributed by atoms with Gasteiger partial charge in [-0.1, -0.05) is 91.0 Å². The third kappa shape index (κ3) is 5.66. The van der Waals surface area contributed by atoms with Gasteiger partial charge in [0.1, 0.15) is 13.3 Å². The molecule has 0 amide bonds. The van der Waals surface area contributed by atoms with Gasteiger partial charge in [-0.05, 0) is 151 Å². The Balaban J connectivity index is 1.12. The van der Waals surface area contributed by atoms with Crippen molar-refractivity contribution in [3.8, 4) is 0 Å². The molecule has 51 heavy (non-hydrogen) atoms. The highest BCUT2D eigenvalue weighted by Gasteiger charge is 2.70. The summed E-state index contributed by atoms with van der Waals surface area (Å²) >= 11 is 0. The molecule has 1 aromatic carbocycles. The molecule has 6 aliphatic carbocycles. The second-order valence-electron chi connectivity index (χ2n) is 20.0. The van der Waals surface area contributed by atoms with Crippen molar-refractivity contribution in [2.45, 2.75) is 138 Å². The molecule has 0 saturated heterocycles. The highest BCUT2D eigenvalue weighted by molar-refractivity contribution is 5.78. The molecule has 10 atom stereocenters. The van der Waals surface area contributed by atoms with Gasteiger partial charge in [-0.15, -0.1) is 0 Å². The molecule has 7 rings (SSSR count). The number of ether oxygens (including phenoxy) is 1. The zero-order valence-electron chi connectivity index (χ0n) is 33.1. The molecule has 6 aliphatic rings. The maximum atomic E-state index is 14.7. The molecule has 0 aromatic heterocycles. The van der Waals surface area contributed by atoms with Crippen LogP contribution in [0.4, 0.5) is 4.39 Å². The number of carbonyl (C=O) groups is 1. The lowest BCUT2D eigenvalue weighted by molar-refractivity contribution is -0.223. The van der Waals surface area contributed by atoms with Crippen molar-refractivity contribution in [1.29, 1.82) is 0 Å². The molecule has 0 spiro atoms. The van der Waals surface area contributed by atoms with E-state index in [1.807, 2.05) is 30.3 Å². The SMILES string of the molecule is CC(C)C1CCC2(NCCN)CCC3(C)C(CCC4C5(C)CC=C(C6=CCC(CF)(C(=O)OCc7ccccc7)CC6)C(C)(C)C5CCC43C)C12. The van der Waals surface area contributed by atoms with Crippen molar-refractivity contribution in [1.82, 2.24) is 5.32 Å². The summed E-state index contributed by atoms with van der Waals surface area (Å²) < 4.78 is 20.4. The molecule has 4 saturated carbocycles. The van der Waals surface area contributed by atoms with Gasteiger partial charge in [0, 0.05) is 18.6 Å². The van der Waals surface area contributed by atoms with Crippen LogP contribution in [0.5, 0.6) is 0 Å². The van der Waals surface area contributed by atoms with Gasteiger partial charge in [-0.3, -0.25) is 4.79 Å². The molecule has 4 nitrogen and oxygen atoms in total. The van der Waals surface area contributed by atoms with E-state index in [4.69, 9.17) is 10.5 Å². The predicted octanol–water partition coefficient (Wildman–Crippen LogP) is 10.4. The number of esters is 1. The smallest absolute Gasteiger partial charge is 0.315 e. The summed E-state index contributed by atoms with van der Waals surface area (Å²) in [5.74, 6) is 3.99. The summed E-state index contributed by atoms with van der Waals surface area (Å²) in [7, 11) is 0. The number of alkyl halides is 1. The van der Waals surface area contributed by atoms with Crippen molar-refractivity contribution < 1.29 is 13.9 Å². The fourth-order valence-electron chi connectivity index (χ4n) is 14.6. The van der Waals surface area contributed by atoms with Crippen LogP contribution in [0, 0.1) is 62.6 Å². The number of nitrogens with two attached hydrogens (primary N) is 1. The molecule has 282 valence electrons. The van der Waals surface area contributed by atoms with E-state index in [2.05, 4.69) is 65.9 Å². The number of rotatable bonds is 9. The van der Waals surface area contributed by atoms with Crippen LogP contribution in [-0.2, 0) is 16.1 Å². The Morgan fingerprint density at radius 1 is 0.902 bits per heavy atom. The molecular formula is C46H69FN2O2. The maximum absolute atomic E-state index is 14.7. The van der Waals surface area contributed by atoms with Gasteiger partial charge < -0.3 is 15.8 Å². The fraction of sp³-hybridized carbons (Fsp3) is 0.761. The van der Waals surface area contributed by atoms with E-state index in [1.165, 1.54) is 62.5 Å². The minimum absolute atomic E-state index is 0.0313. The number of fused-ring (bicyclic) bond motifs is 7. The van der Waals surface area contributed by atoms with E-state index < -0.39 is 18.1 Å². The van der Waals surface area contributed by atoms with Gasteiger partial charge in [0.2, 0.25) is 0 Å². The Morgan fingerprint density at radius 2 is 1.67 bits per heavy atom. The highest BCUT2D eigenvalue weighted by atomic mass is 19.1. The Bertz CT molecular complexity index is 1520. The minimum Gasteiger partial charge on any atom is -0.460 e. The van der Waals surface area contributed by atoms with Crippen molar-refractivity contribution >= 4 is 5.97 Å². The number of halogens is 1. The number of hydrogen-bond acceptors (Lipinski definition) is 4. The van der Waals surface area contributed by atoms with E-state index >= 15 is 0 Å². The van der Waals surface area contributed by atoms with Crippen LogP contribution in [0.2, 0.25) is 0 Å². The van der Waals surface area contributed by atoms with E-state index in [-0.39, 0.29) is 23.0 Å². The van der Waals surface area contributed by atoms with Crippen molar-refractivity contribution in [2.75, 3.05) is 19.8 Å². The molecule has 0 aliphatic heterocycles. The first-order valence-electron chi connectivity index (χ1n) is 20.8. The summed E-state index contributed by atoms with van der Waals surface area (Å²) in [6.45, 7) is 19.3. The summed E-state index contributed by atoms with van der Waals surface area (Å²) in [5.41, 5.74) is 10.0. The minimum atomic E-state index is -1.07. The Labute approximate surface area is 309 Å². The summed E-state index contributed by atoms with van der Waals surface area (Å²) in [5, 5.41) is 4.11. The molecule has 1 aromatic rings. The van der Waals surface area contributed by atoms with Crippen molar-refractivity contribution in [2.24, 2.45) is 68.3 Å². The van der Waals surface area contributed by atoms with E-state index in [0.29, 0.717) is 35.5 Å². The first-order chi connectivity index (χ1) is 24.2. The zero-order chi connectivity index (χ0) is 36.5. The van der Waals surface area contributed by atoms with Crippen LogP contribution < -0.4 is 11.1 Å². The lowest BCUT2D eigenvalue weighted by atomic mass is 9.32. The van der Waals surface area contributed by atoms with Crippen LogP contribution in [0.1, 0.15) is 131 Å². The monoisotopic (exact) mass is 701 g/mol. The molecule has 0 radical (unpaired) electrons. The van der Waals surface area contributed by atoms with Crippen molar-refractivity contribution in [3.05, 3.63) is 59.2 Å². The summed E-state index contributed by atoms with van der Waals surface area (Å²) in [4.78, 5) is 13.3. The average molecular weight is 701 g/mol. The van der Waals surface area contributed by atoms with E-state index in [9.17, 15) is 9.18 Å². The third-order valence-corrected chi connectivity index (χ3v) is 17.4. The standard InChI is InChI=1S/C46H69FN2O2/c1-31(2)34-17-24-46(49-28-27-48)26-25-43(6)36(39(34)46)13-14-38-42(5)20-18-35(41(3,4)37(42)19-21-44(38,43)7)33-15-22-45(30-47,23-16-33)40(50)51-29-32-11-9-8-10-12-32/h8-12,15,18,31,34,36-39,49H,13-14,16-17,19-30,48H2,1-7H3. The van der Waals surface area contributed by atoms with E-state index in [1.54, 1.807) is 0 Å². The second kappa shape index (κ2) is 13.4. The van der Waals surface area contributed by atoms with Gasteiger partial charge in [-0.25, -0.2) is 4.39 Å². The van der Waals surface area contributed by atoms with Gasteiger partial charge in [0.05, 0.1) is 5.41 Å². The average Bonchev–Trinajstić information content (AvgIpc) is 3.50. The quantitative estimate of drug-likeness (QED) is 0.252. The van der Waals surface area contributed by atoms with Crippen LogP contribution in [-0.4, -0.2) is 31.3 Å². The first-order valence-corrected chi connectivity index (χ1v) is 20.8. The third-order valence-electron chi connectivity index (χ3n) is 17.4. The van der Waals surface area contributed by atoms with Crippen LogP contribution in [0.3, 0.4) is 0 Å². The molecule has 10 unspecified atom stereocenters. The first kappa shape index (κ1) is 37.3. The van der Waals surface area contributed by atoms with Gasteiger partial charge >= 0.3 is 5.97 Å². The lowest BCUT2D eigenvalue weighted by Crippen LogP contribution is -2.68. The molecule has 4 fully saturated rings. The maximum Gasteiger partial charge on any atom is 0.315 e. The largest absolute Gasteiger partial charge is 0.460 e. The van der Waals surface area contributed by atoms with Crippen LogP contribution >= 0.6 is 0 Å². The number of nitrogens with one attached hydrogen (secondary N) is 1. The van der Waals surface area contributed by atoms with Crippen LogP contribution in [0.15, 0.2) is 53.6 Å². The lowest BCUT2D eigenvalue weighted by Gasteiger charge is -2.72.